The Bertz CT molecular complexity index is 653. The lowest BCUT2D eigenvalue weighted by Crippen LogP contribution is -2.42. The van der Waals surface area contributed by atoms with Gasteiger partial charge in [0.1, 0.15) is 19.3 Å². The van der Waals surface area contributed by atoms with Crippen LogP contribution in [0, 0.1) is 0 Å². The van der Waals surface area contributed by atoms with E-state index < -0.39 is 6.10 Å². The summed E-state index contributed by atoms with van der Waals surface area (Å²) in [5.74, 6) is 1.26. The summed E-state index contributed by atoms with van der Waals surface area (Å²) < 4.78 is 21.7. The maximum atomic E-state index is 11.5. The standard InChI is InChI=1S/C20H31N3O6/c1-26-18-4-2-3-16(13-21-5-6-23-9-12-28-20(23)25)19(18)29-15-17(24)14-22-7-10-27-11-8-22/h2-4,17,21,24H,5-15H2,1H3. The molecule has 1 aromatic rings. The van der Waals surface area contributed by atoms with Gasteiger partial charge in [0.25, 0.3) is 0 Å². The molecule has 3 rings (SSSR count). The number of carbonyl (C=O) groups excluding carboxylic acids is 1. The van der Waals surface area contributed by atoms with E-state index in [0.717, 1.165) is 18.7 Å². The van der Waals surface area contributed by atoms with E-state index in [9.17, 15) is 9.90 Å². The molecule has 2 aliphatic heterocycles. The van der Waals surface area contributed by atoms with Crippen LogP contribution in [-0.2, 0) is 16.0 Å². The van der Waals surface area contributed by atoms with Crippen molar-refractivity contribution in [3.63, 3.8) is 0 Å². The minimum Gasteiger partial charge on any atom is -0.493 e. The first kappa shape index (κ1) is 21.6. The van der Waals surface area contributed by atoms with Crippen LogP contribution in [0.1, 0.15) is 5.56 Å². The lowest BCUT2D eigenvalue weighted by molar-refractivity contribution is 0.00436. The van der Waals surface area contributed by atoms with E-state index in [1.54, 1.807) is 12.0 Å². The fraction of sp³-hybridized carbons (Fsp3) is 0.650. The Morgan fingerprint density at radius 1 is 1.24 bits per heavy atom. The quantitative estimate of drug-likeness (QED) is 0.505. The van der Waals surface area contributed by atoms with E-state index in [1.807, 2.05) is 18.2 Å². The van der Waals surface area contributed by atoms with Gasteiger partial charge in [0.05, 0.1) is 26.9 Å². The van der Waals surface area contributed by atoms with Gasteiger partial charge in [-0.05, 0) is 6.07 Å². The number of rotatable bonds is 11. The summed E-state index contributed by atoms with van der Waals surface area (Å²) in [6, 6.07) is 5.71. The van der Waals surface area contributed by atoms with E-state index in [2.05, 4.69) is 10.2 Å². The number of benzene rings is 1. The van der Waals surface area contributed by atoms with Crippen LogP contribution in [0.15, 0.2) is 18.2 Å². The molecule has 0 radical (unpaired) electrons. The highest BCUT2D eigenvalue weighted by molar-refractivity contribution is 5.69. The molecule has 0 aromatic heterocycles. The first-order valence-electron chi connectivity index (χ1n) is 10.1. The van der Waals surface area contributed by atoms with Crippen molar-refractivity contribution in [3.8, 4) is 11.5 Å². The largest absolute Gasteiger partial charge is 0.493 e. The van der Waals surface area contributed by atoms with Crippen molar-refractivity contribution in [3.05, 3.63) is 23.8 Å². The second-order valence-corrected chi connectivity index (χ2v) is 7.10. The SMILES string of the molecule is COc1cccc(CNCCN2CCOC2=O)c1OCC(O)CN1CCOCC1. The third kappa shape index (κ3) is 6.46. The molecule has 2 heterocycles. The molecule has 1 atom stereocenters. The zero-order chi connectivity index (χ0) is 20.5. The number of ether oxygens (including phenoxy) is 4. The molecule has 9 heteroatoms. The minimum absolute atomic E-state index is 0.185. The highest BCUT2D eigenvalue weighted by atomic mass is 16.6. The minimum atomic E-state index is -0.597. The number of para-hydroxylation sites is 1. The molecule has 2 N–H and O–H groups in total. The fourth-order valence-electron chi connectivity index (χ4n) is 3.40. The summed E-state index contributed by atoms with van der Waals surface area (Å²) >= 11 is 0. The van der Waals surface area contributed by atoms with E-state index in [1.165, 1.54) is 0 Å². The number of aliphatic hydroxyl groups excluding tert-OH is 1. The molecule has 9 nitrogen and oxygen atoms in total. The number of hydrogen-bond donors (Lipinski definition) is 2. The van der Waals surface area contributed by atoms with E-state index in [-0.39, 0.29) is 12.7 Å². The number of hydrogen-bond acceptors (Lipinski definition) is 8. The lowest BCUT2D eigenvalue weighted by Gasteiger charge is -2.28. The molecule has 29 heavy (non-hydrogen) atoms. The summed E-state index contributed by atoms with van der Waals surface area (Å²) in [6.45, 7) is 6.68. The first-order chi connectivity index (χ1) is 14.2. The van der Waals surface area contributed by atoms with Crippen molar-refractivity contribution in [1.82, 2.24) is 15.1 Å². The van der Waals surface area contributed by atoms with Crippen molar-refractivity contribution in [2.45, 2.75) is 12.6 Å². The van der Waals surface area contributed by atoms with Crippen molar-refractivity contribution in [1.29, 1.82) is 0 Å². The fourth-order valence-corrected chi connectivity index (χ4v) is 3.40. The molecule has 1 amide bonds. The molecule has 0 spiro atoms. The molecule has 1 unspecified atom stereocenters. The average Bonchev–Trinajstić information content (AvgIpc) is 3.15. The Morgan fingerprint density at radius 2 is 2.07 bits per heavy atom. The van der Waals surface area contributed by atoms with Gasteiger partial charge < -0.3 is 34.3 Å². The maximum absolute atomic E-state index is 11.5. The molecular formula is C20H31N3O6. The third-order valence-electron chi connectivity index (χ3n) is 4.99. The van der Waals surface area contributed by atoms with Crippen molar-refractivity contribution in [2.24, 2.45) is 0 Å². The van der Waals surface area contributed by atoms with Gasteiger partial charge in [-0.15, -0.1) is 0 Å². The van der Waals surface area contributed by atoms with Gasteiger partial charge in [0, 0.05) is 44.8 Å². The van der Waals surface area contributed by atoms with Crippen LogP contribution >= 0.6 is 0 Å². The molecule has 0 bridgehead atoms. The second-order valence-electron chi connectivity index (χ2n) is 7.10. The highest BCUT2D eigenvalue weighted by Gasteiger charge is 2.21. The zero-order valence-electron chi connectivity index (χ0n) is 17.0. The number of cyclic esters (lactones) is 1. The highest BCUT2D eigenvalue weighted by Crippen LogP contribution is 2.31. The number of amides is 1. The Labute approximate surface area is 171 Å². The number of β-amino-alcohol motifs (C(OH)–C–C–N with tert-alkyl or cyclic N) is 1. The van der Waals surface area contributed by atoms with Crippen molar-refractivity contribution in [2.75, 3.05) is 72.8 Å². The molecular weight excluding hydrogens is 378 g/mol. The Morgan fingerprint density at radius 3 is 2.79 bits per heavy atom. The lowest BCUT2D eigenvalue weighted by atomic mass is 10.2. The van der Waals surface area contributed by atoms with Gasteiger partial charge >= 0.3 is 6.09 Å². The number of morpholine rings is 1. The topological polar surface area (TPSA) is 92.7 Å². The van der Waals surface area contributed by atoms with E-state index in [0.29, 0.717) is 64.0 Å². The summed E-state index contributed by atoms with van der Waals surface area (Å²) in [4.78, 5) is 15.3. The number of nitrogens with one attached hydrogen (secondary N) is 1. The molecule has 2 fully saturated rings. The number of nitrogens with zero attached hydrogens (tertiary/aromatic N) is 2. The Balaban J connectivity index is 1.49. The molecule has 0 saturated carbocycles. The van der Waals surface area contributed by atoms with Gasteiger partial charge in [-0.3, -0.25) is 4.90 Å². The third-order valence-corrected chi connectivity index (χ3v) is 4.99. The predicted octanol–water partition coefficient (Wildman–Crippen LogP) is 0.309. The maximum Gasteiger partial charge on any atom is 0.409 e. The summed E-state index contributed by atoms with van der Waals surface area (Å²) in [6.07, 6.45) is -0.855. The van der Waals surface area contributed by atoms with Gasteiger partial charge in [0.15, 0.2) is 11.5 Å². The normalized spacial score (nSPS) is 18.6. The number of methoxy groups -OCH3 is 1. The summed E-state index contributed by atoms with van der Waals surface area (Å²) in [5.41, 5.74) is 0.937. The molecule has 162 valence electrons. The van der Waals surface area contributed by atoms with Crippen LogP contribution in [0.25, 0.3) is 0 Å². The van der Waals surface area contributed by atoms with Gasteiger partial charge in [-0.1, -0.05) is 12.1 Å². The molecule has 1 aromatic carbocycles. The van der Waals surface area contributed by atoms with Crippen LogP contribution < -0.4 is 14.8 Å². The molecule has 2 aliphatic rings. The first-order valence-corrected chi connectivity index (χ1v) is 10.1. The van der Waals surface area contributed by atoms with Crippen molar-refractivity contribution >= 4 is 6.09 Å². The zero-order valence-corrected chi connectivity index (χ0v) is 17.0. The van der Waals surface area contributed by atoms with Gasteiger partial charge in [0.2, 0.25) is 0 Å². The van der Waals surface area contributed by atoms with E-state index >= 15 is 0 Å². The smallest absolute Gasteiger partial charge is 0.409 e. The predicted molar refractivity (Wildman–Crippen MR) is 106 cm³/mol. The van der Waals surface area contributed by atoms with E-state index in [4.69, 9.17) is 18.9 Å². The Kier molecular flexibility index (Phi) is 8.36. The average molecular weight is 409 g/mol. The molecule has 0 aliphatic carbocycles. The summed E-state index contributed by atoms with van der Waals surface area (Å²) in [7, 11) is 1.60. The second kappa shape index (κ2) is 11.2. The number of aliphatic hydroxyl groups is 1. The summed E-state index contributed by atoms with van der Waals surface area (Å²) in [5, 5.41) is 13.7. The van der Waals surface area contributed by atoms with Gasteiger partial charge in [-0.2, -0.15) is 0 Å². The van der Waals surface area contributed by atoms with Crippen LogP contribution in [0.4, 0.5) is 4.79 Å². The van der Waals surface area contributed by atoms with Gasteiger partial charge in [-0.25, -0.2) is 4.79 Å². The Hall–Kier alpha value is -2.07. The van der Waals surface area contributed by atoms with Crippen molar-refractivity contribution < 1.29 is 28.8 Å². The monoisotopic (exact) mass is 409 g/mol. The van der Waals surface area contributed by atoms with Crippen LogP contribution in [0.3, 0.4) is 0 Å². The van der Waals surface area contributed by atoms with Crippen LogP contribution in [-0.4, -0.2) is 99.9 Å². The molecule has 2 saturated heterocycles. The number of carbonyl (C=O) groups is 1. The van der Waals surface area contributed by atoms with Crippen LogP contribution in [0.5, 0.6) is 11.5 Å². The van der Waals surface area contributed by atoms with Crippen LogP contribution in [0.2, 0.25) is 0 Å².